The van der Waals surface area contributed by atoms with Crippen molar-refractivity contribution < 1.29 is 32.5 Å². The molecule has 0 aliphatic carbocycles. The minimum Gasteiger partial charge on any atom is -0.550 e. The highest BCUT2D eigenvalue weighted by Gasteiger charge is 2.14. The summed E-state index contributed by atoms with van der Waals surface area (Å²) in [6.07, 6.45) is 13.4. The van der Waals surface area contributed by atoms with Crippen molar-refractivity contribution in [2.75, 3.05) is 33.4 Å². The van der Waals surface area contributed by atoms with Crippen LogP contribution < -0.4 is 5.11 Å². The third kappa shape index (κ3) is 32.2. The molecule has 0 fully saturated rings. The molecule has 0 unspecified atom stereocenters. The molecular weight excluding hydrogens is 394 g/mol. The van der Waals surface area contributed by atoms with E-state index in [0.717, 1.165) is 12.8 Å². The summed E-state index contributed by atoms with van der Waals surface area (Å²) in [5.41, 5.74) is 0. The van der Waals surface area contributed by atoms with Gasteiger partial charge in [0.2, 0.25) is 0 Å². The Hall–Kier alpha value is -0.700. The zero-order valence-electron chi connectivity index (χ0n) is 19.1. The van der Waals surface area contributed by atoms with E-state index in [4.69, 9.17) is 9.66 Å². The van der Waals surface area contributed by atoms with Gasteiger partial charge in [-0.05, 0) is 6.42 Å². The van der Waals surface area contributed by atoms with E-state index in [1.54, 1.807) is 0 Å². The number of carboxylic acid groups (broad SMARTS) is 1. The summed E-state index contributed by atoms with van der Waals surface area (Å²) >= 11 is 0. The second kappa shape index (κ2) is 18.1. The van der Waals surface area contributed by atoms with Crippen LogP contribution in [0.25, 0.3) is 0 Å². The Bertz CT molecular complexity index is 488. The van der Waals surface area contributed by atoms with Crippen molar-refractivity contribution in [2.24, 2.45) is 0 Å². The van der Waals surface area contributed by atoms with E-state index in [0.29, 0.717) is 17.4 Å². The number of unbranched alkanes of at least 4 members (excludes halogenated alkanes) is 11. The number of quaternary nitrogens is 1. The largest absolute Gasteiger partial charge is 0.550 e. The molecule has 0 aromatic heterocycles. The first-order valence-corrected chi connectivity index (χ1v) is 12.6. The number of carboxylic acids is 1. The molecule has 0 saturated heterocycles. The van der Waals surface area contributed by atoms with Crippen LogP contribution in [0.15, 0.2) is 0 Å². The van der Waals surface area contributed by atoms with Crippen molar-refractivity contribution in [3.05, 3.63) is 0 Å². The maximum absolute atomic E-state index is 10.5. The molecule has 0 rings (SSSR count). The molecule has 0 aromatic carbocycles. The number of aliphatic carboxylic acids is 1. The van der Waals surface area contributed by atoms with E-state index < -0.39 is 22.2 Å². The van der Waals surface area contributed by atoms with E-state index in [1.165, 1.54) is 57.8 Å². The van der Waals surface area contributed by atoms with Crippen LogP contribution in [0.1, 0.15) is 90.4 Å². The summed E-state index contributed by atoms with van der Waals surface area (Å²) in [5.74, 6) is -1.28. The molecule has 0 amide bonds. The Morgan fingerprint density at radius 3 is 1.55 bits per heavy atom. The molecule has 0 bridgehead atoms. The third-order valence-corrected chi connectivity index (χ3v) is 5.22. The molecule has 0 heterocycles. The van der Waals surface area contributed by atoms with Gasteiger partial charge in [-0.3, -0.25) is 4.55 Å². The van der Waals surface area contributed by atoms with Gasteiger partial charge < -0.3 is 19.5 Å². The van der Waals surface area contributed by atoms with Crippen LogP contribution >= 0.6 is 0 Å². The number of carbonyl (C=O) groups excluding carboxylic acids is 1. The maximum Gasteiger partial charge on any atom is 0.264 e. The monoisotopic (exact) mass is 439 g/mol. The number of hydrogen-bond acceptors (Lipinski definition) is 5. The molecule has 7 nitrogen and oxygen atoms in total. The van der Waals surface area contributed by atoms with E-state index in [-0.39, 0.29) is 12.2 Å². The van der Waals surface area contributed by atoms with Gasteiger partial charge in [-0.25, -0.2) is 0 Å². The number of aliphatic hydroxyl groups is 1. The SMILES string of the molecule is CCCCCCCCCCCCCCS(=O)(=O)O.C[N+](C)(C)C[C@H](O)CC(=O)[O-]. The van der Waals surface area contributed by atoms with Crippen molar-refractivity contribution in [3.8, 4) is 0 Å². The topological polar surface area (TPSA) is 115 Å². The van der Waals surface area contributed by atoms with E-state index >= 15 is 0 Å². The zero-order chi connectivity index (χ0) is 22.8. The van der Waals surface area contributed by atoms with E-state index in [2.05, 4.69) is 6.92 Å². The summed E-state index contributed by atoms with van der Waals surface area (Å²) in [6, 6.07) is 0. The molecule has 0 spiro atoms. The summed E-state index contributed by atoms with van der Waals surface area (Å²) in [5, 5.41) is 19.1. The van der Waals surface area contributed by atoms with Gasteiger partial charge in [-0.15, -0.1) is 0 Å². The molecular formula is C21H45NO6S. The van der Waals surface area contributed by atoms with Crippen LogP contribution in [0.4, 0.5) is 0 Å². The third-order valence-electron chi connectivity index (χ3n) is 4.42. The van der Waals surface area contributed by atoms with Gasteiger partial charge >= 0.3 is 0 Å². The fourth-order valence-electron chi connectivity index (χ4n) is 3.01. The minimum absolute atomic E-state index is 0.0789. The first-order valence-electron chi connectivity index (χ1n) is 11.0. The summed E-state index contributed by atoms with van der Waals surface area (Å²) in [7, 11) is 1.93. The Morgan fingerprint density at radius 2 is 1.24 bits per heavy atom. The Labute approximate surface area is 178 Å². The molecule has 0 radical (unpaired) electrons. The predicted molar refractivity (Wildman–Crippen MR) is 116 cm³/mol. The quantitative estimate of drug-likeness (QED) is 0.205. The van der Waals surface area contributed by atoms with Crippen LogP contribution in [0.3, 0.4) is 0 Å². The van der Waals surface area contributed by atoms with Gasteiger partial charge in [0.1, 0.15) is 12.6 Å². The molecule has 0 aliphatic rings. The predicted octanol–water partition coefficient (Wildman–Crippen LogP) is 2.77. The van der Waals surface area contributed by atoms with Gasteiger partial charge in [0.25, 0.3) is 10.1 Å². The van der Waals surface area contributed by atoms with Crippen molar-refractivity contribution in [2.45, 2.75) is 96.5 Å². The molecule has 8 heteroatoms. The van der Waals surface area contributed by atoms with Crippen LogP contribution in [-0.2, 0) is 14.9 Å². The summed E-state index contributed by atoms with van der Waals surface area (Å²) < 4.78 is 30.0. The van der Waals surface area contributed by atoms with E-state index in [1.807, 2.05) is 21.1 Å². The molecule has 1 atom stereocenters. The van der Waals surface area contributed by atoms with Crippen molar-refractivity contribution in [1.29, 1.82) is 0 Å². The Kier molecular flexibility index (Phi) is 19.0. The number of rotatable bonds is 17. The highest BCUT2D eigenvalue weighted by molar-refractivity contribution is 7.85. The van der Waals surface area contributed by atoms with Gasteiger partial charge in [-0.2, -0.15) is 8.42 Å². The number of aliphatic hydroxyl groups excluding tert-OH is 1. The minimum atomic E-state index is -3.74. The zero-order valence-corrected chi connectivity index (χ0v) is 19.9. The molecule has 29 heavy (non-hydrogen) atoms. The van der Waals surface area contributed by atoms with Crippen LogP contribution in [0.2, 0.25) is 0 Å². The van der Waals surface area contributed by atoms with Crippen molar-refractivity contribution in [1.82, 2.24) is 0 Å². The highest BCUT2D eigenvalue weighted by atomic mass is 32.2. The van der Waals surface area contributed by atoms with E-state index in [9.17, 15) is 18.3 Å². The smallest absolute Gasteiger partial charge is 0.264 e. The van der Waals surface area contributed by atoms with Crippen LogP contribution in [-0.4, -0.2) is 68.1 Å². The number of likely N-dealkylation sites (N-methyl/N-ethyl adjacent to an activating group) is 1. The summed E-state index contributed by atoms with van der Waals surface area (Å²) in [4.78, 5) is 10.0. The fourth-order valence-corrected chi connectivity index (χ4v) is 3.58. The first-order chi connectivity index (χ1) is 13.4. The maximum atomic E-state index is 10.5. The highest BCUT2D eigenvalue weighted by Crippen LogP contribution is 2.12. The average molecular weight is 440 g/mol. The summed E-state index contributed by atoms with van der Waals surface area (Å²) in [6.45, 7) is 2.66. The molecule has 0 aromatic rings. The average Bonchev–Trinajstić information content (AvgIpc) is 2.53. The second-order valence-corrected chi connectivity index (χ2v) is 10.5. The van der Waals surface area contributed by atoms with Gasteiger partial charge in [0.05, 0.1) is 26.9 Å². The van der Waals surface area contributed by atoms with Crippen molar-refractivity contribution >= 4 is 16.1 Å². The molecule has 2 N–H and O–H groups in total. The number of nitrogens with zero attached hydrogens (tertiary/aromatic N) is 1. The van der Waals surface area contributed by atoms with Crippen LogP contribution in [0.5, 0.6) is 0 Å². The normalized spacial score (nSPS) is 12.9. The lowest BCUT2D eigenvalue weighted by atomic mass is 10.1. The second-order valence-electron chi connectivity index (χ2n) is 8.88. The van der Waals surface area contributed by atoms with Gasteiger partial charge in [0, 0.05) is 12.4 Å². The Balaban J connectivity index is 0. The molecule has 0 aliphatic heterocycles. The number of carbonyl (C=O) groups is 1. The van der Waals surface area contributed by atoms with Gasteiger partial charge in [-0.1, -0.05) is 77.6 Å². The Morgan fingerprint density at radius 1 is 0.862 bits per heavy atom. The lowest BCUT2D eigenvalue weighted by Crippen LogP contribution is -2.43. The first kappa shape index (κ1) is 30.5. The standard InChI is InChI=1S/C14H30O3S.C7H15NO3/c1-2-3-4-5-6-7-8-9-10-11-12-13-14-18(15,16)17;1-8(2,3)5-6(9)4-7(10)11/h2-14H2,1H3,(H,15,16,17);6,9H,4-5H2,1-3H3/t;6-/m.1/s1. The lowest BCUT2D eigenvalue weighted by Gasteiger charge is -2.26. The lowest BCUT2D eigenvalue weighted by molar-refractivity contribution is -0.873. The van der Waals surface area contributed by atoms with Crippen molar-refractivity contribution in [3.63, 3.8) is 0 Å². The van der Waals surface area contributed by atoms with Crippen LogP contribution in [0, 0.1) is 0 Å². The van der Waals surface area contributed by atoms with Gasteiger partial charge in [0.15, 0.2) is 0 Å². The molecule has 0 saturated carbocycles. The number of hydrogen-bond donors (Lipinski definition) is 2. The fraction of sp³-hybridized carbons (Fsp3) is 0.952. The molecule has 176 valence electrons.